The van der Waals surface area contributed by atoms with Crippen molar-refractivity contribution >= 4 is 22.8 Å². The Morgan fingerprint density at radius 2 is 1.88 bits per heavy atom. The zero-order valence-electron chi connectivity index (χ0n) is 16.4. The lowest BCUT2D eigenvalue weighted by molar-refractivity contribution is -0.192. The third-order valence-electron chi connectivity index (χ3n) is 4.80. The molecule has 0 spiro atoms. The molecular formula is C22H16F3N3O4. The maximum atomic E-state index is 12.0. The first-order valence-corrected chi connectivity index (χ1v) is 9.48. The third kappa shape index (κ3) is 4.34. The number of alkyl halides is 3. The molecule has 0 aliphatic carbocycles. The van der Waals surface area contributed by atoms with Gasteiger partial charge in [-0.15, -0.1) is 0 Å². The number of amides is 1. The van der Waals surface area contributed by atoms with E-state index in [0.717, 1.165) is 51.4 Å². The number of carbonyl (C=O) groups is 2. The molecule has 32 heavy (non-hydrogen) atoms. The Labute approximate surface area is 178 Å². The van der Waals surface area contributed by atoms with Crippen molar-refractivity contribution in [3.05, 3.63) is 66.0 Å². The molecule has 0 bridgehead atoms. The standard InChI is InChI=1S/C20H15N3O2.C2HF3O2/c24-20-14-11-16(23-15(14)6-8-22-20)12-5-7-21-17(9-12)19-10-13-3-1-2-4-18(13)25-19;3-2(4,5)1(6)7/h1-5,7,9-11,23H,6,8H2,(H,22,24);(H,6,7). The Bertz CT molecular complexity index is 1270. The summed E-state index contributed by atoms with van der Waals surface area (Å²) in [5.74, 6) is -2.04. The van der Waals surface area contributed by atoms with Crippen LogP contribution in [0.1, 0.15) is 16.1 Å². The highest BCUT2D eigenvalue weighted by atomic mass is 19.4. The fourth-order valence-electron chi connectivity index (χ4n) is 3.29. The number of furan rings is 1. The Kier molecular flexibility index (Phi) is 5.43. The van der Waals surface area contributed by atoms with Gasteiger partial charge in [-0.1, -0.05) is 18.2 Å². The van der Waals surface area contributed by atoms with Crippen LogP contribution in [0.15, 0.2) is 59.1 Å². The number of aliphatic carboxylic acids is 1. The van der Waals surface area contributed by atoms with Crippen LogP contribution < -0.4 is 5.32 Å². The number of nitrogens with one attached hydrogen (secondary N) is 2. The summed E-state index contributed by atoms with van der Waals surface area (Å²) < 4.78 is 37.6. The third-order valence-corrected chi connectivity index (χ3v) is 4.80. The van der Waals surface area contributed by atoms with Crippen molar-refractivity contribution in [1.82, 2.24) is 15.3 Å². The highest BCUT2D eigenvalue weighted by molar-refractivity contribution is 5.97. The van der Waals surface area contributed by atoms with Gasteiger partial charge in [0.15, 0.2) is 5.76 Å². The van der Waals surface area contributed by atoms with E-state index in [4.69, 9.17) is 14.3 Å². The van der Waals surface area contributed by atoms with Crippen LogP contribution in [0.4, 0.5) is 13.2 Å². The summed E-state index contributed by atoms with van der Waals surface area (Å²) in [6.45, 7) is 0.673. The Morgan fingerprint density at radius 3 is 2.56 bits per heavy atom. The summed E-state index contributed by atoms with van der Waals surface area (Å²) in [7, 11) is 0. The summed E-state index contributed by atoms with van der Waals surface area (Å²) in [6, 6.07) is 15.7. The van der Waals surface area contributed by atoms with Gasteiger partial charge in [0.05, 0.1) is 5.56 Å². The number of fused-ring (bicyclic) bond motifs is 2. The fraction of sp³-hybridized carbons (Fsp3) is 0.136. The number of rotatable bonds is 2. The predicted molar refractivity (Wildman–Crippen MR) is 109 cm³/mol. The van der Waals surface area contributed by atoms with Crippen molar-refractivity contribution in [3.63, 3.8) is 0 Å². The van der Waals surface area contributed by atoms with E-state index in [1.807, 2.05) is 48.5 Å². The van der Waals surface area contributed by atoms with Gasteiger partial charge in [-0.3, -0.25) is 9.78 Å². The van der Waals surface area contributed by atoms with E-state index >= 15 is 0 Å². The molecule has 5 rings (SSSR count). The van der Waals surface area contributed by atoms with Crippen LogP contribution >= 0.6 is 0 Å². The van der Waals surface area contributed by atoms with Crippen molar-refractivity contribution in [2.75, 3.05) is 6.54 Å². The molecule has 1 aromatic carbocycles. The van der Waals surface area contributed by atoms with Crippen molar-refractivity contribution in [1.29, 1.82) is 0 Å². The molecule has 0 unspecified atom stereocenters. The molecule has 4 heterocycles. The first kappa shape index (κ1) is 21.2. The topological polar surface area (TPSA) is 108 Å². The maximum absolute atomic E-state index is 12.0. The molecule has 164 valence electrons. The fourth-order valence-corrected chi connectivity index (χ4v) is 3.29. The number of carboxylic acid groups (broad SMARTS) is 1. The van der Waals surface area contributed by atoms with Gasteiger partial charge in [-0.25, -0.2) is 4.79 Å². The Balaban J connectivity index is 0.000000307. The summed E-state index contributed by atoms with van der Waals surface area (Å²) in [6.07, 6.45) is -2.50. The van der Waals surface area contributed by atoms with Crippen LogP contribution in [-0.4, -0.2) is 39.7 Å². The van der Waals surface area contributed by atoms with Crippen molar-refractivity contribution < 1.29 is 32.3 Å². The molecule has 0 radical (unpaired) electrons. The summed E-state index contributed by atoms with van der Waals surface area (Å²) in [5, 5.41) is 11.0. The van der Waals surface area contributed by atoms with Gasteiger partial charge in [0.1, 0.15) is 11.3 Å². The van der Waals surface area contributed by atoms with Gasteiger partial charge in [-0.05, 0) is 30.3 Å². The quantitative estimate of drug-likeness (QED) is 0.425. The summed E-state index contributed by atoms with van der Waals surface area (Å²) in [4.78, 5) is 28.7. The molecule has 4 aromatic rings. The molecule has 0 atom stereocenters. The molecule has 7 nitrogen and oxygen atoms in total. The lowest BCUT2D eigenvalue weighted by Crippen LogP contribution is -2.31. The van der Waals surface area contributed by atoms with E-state index < -0.39 is 12.1 Å². The molecule has 1 aliphatic rings. The normalized spacial score (nSPS) is 13.2. The molecular weight excluding hydrogens is 427 g/mol. The second kappa shape index (κ2) is 8.22. The van der Waals surface area contributed by atoms with E-state index in [1.54, 1.807) is 6.20 Å². The zero-order valence-corrected chi connectivity index (χ0v) is 16.4. The van der Waals surface area contributed by atoms with E-state index in [-0.39, 0.29) is 5.91 Å². The minimum atomic E-state index is -5.08. The molecule has 0 fully saturated rings. The van der Waals surface area contributed by atoms with Crippen LogP contribution in [0.2, 0.25) is 0 Å². The van der Waals surface area contributed by atoms with Crippen LogP contribution in [0, 0.1) is 0 Å². The summed E-state index contributed by atoms with van der Waals surface area (Å²) >= 11 is 0. The van der Waals surface area contributed by atoms with Gasteiger partial charge < -0.3 is 19.8 Å². The number of benzene rings is 1. The average Bonchev–Trinajstić information content (AvgIpc) is 3.39. The minimum Gasteiger partial charge on any atom is -0.475 e. The van der Waals surface area contributed by atoms with Crippen molar-refractivity contribution in [3.8, 4) is 22.7 Å². The van der Waals surface area contributed by atoms with E-state index in [9.17, 15) is 18.0 Å². The monoisotopic (exact) mass is 443 g/mol. The first-order chi connectivity index (χ1) is 15.2. The van der Waals surface area contributed by atoms with E-state index in [1.165, 1.54) is 0 Å². The van der Waals surface area contributed by atoms with Gasteiger partial charge in [0.2, 0.25) is 0 Å². The van der Waals surface area contributed by atoms with E-state index in [2.05, 4.69) is 15.3 Å². The lowest BCUT2D eigenvalue weighted by atomic mass is 10.1. The maximum Gasteiger partial charge on any atom is 0.490 e. The van der Waals surface area contributed by atoms with Crippen LogP contribution in [-0.2, 0) is 11.2 Å². The number of para-hydroxylation sites is 1. The highest BCUT2D eigenvalue weighted by Crippen LogP contribution is 2.30. The summed E-state index contributed by atoms with van der Waals surface area (Å²) in [5.41, 5.74) is 5.22. The molecule has 1 amide bonds. The van der Waals surface area contributed by atoms with Gasteiger partial charge in [-0.2, -0.15) is 13.2 Å². The van der Waals surface area contributed by atoms with Crippen molar-refractivity contribution in [2.45, 2.75) is 12.6 Å². The molecule has 3 aromatic heterocycles. The molecule has 10 heteroatoms. The van der Waals surface area contributed by atoms with Gasteiger partial charge >= 0.3 is 12.1 Å². The van der Waals surface area contributed by atoms with Gasteiger partial charge in [0.25, 0.3) is 5.91 Å². The van der Waals surface area contributed by atoms with Gasteiger partial charge in [0, 0.05) is 41.5 Å². The second-order valence-electron chi connectivity index (χ2n) is 6.96. The molecule has 0 saturated carbocycles. The molecule has 0 saturated heterocycles. The number of carboxylic acids is 1. The number of carbonyl (C=O) groups excluding carboxylic acids is 1. The number of H-pyrrole nitrogens is 1. The SMILES string of the molecule is O=C(O)C(F)(F)F.O=C1NCCc2[nH]c(-c3ccnc(-c4cc5ccccc5o4)c3)cc21. The van der Waals surface area contributed by atoms with Crippen molar-refractivity contribution in [2.24, 2.45) is 0 Å². The predicted octanol–water partition coefficient (Wildman–Crippen LogP) is 4.41. The van der Waals surface area contributed by atoms with Crippen LogP contribution in [0.3, 0.4) is 0 Å². The zero-order chi connectivity index (χ0) is 22.9. The number of pyridine rings is 1. The number of hydrogen-bond acceptors (Lipinski definition) is 4. The number of aromatic nitrogens is 2. The number of halogens is 3. The lowest BCUT2D eigenvalue weighted by Gasteiger charge is -2.10. The Hall–Kier alpha value is -4.08. The largest absolute Gasteiger partial charge is 0.490 e. The number of aromatic amines is 1. The smallest absolute Gasteiger partial charge is 0.475 e. The molecule has 3 N–H and O–H groups in total. The highest BCUT2D eigenvalue weighted by Gasteiger charge is 2.38. The Morgan fingerprint density at radius 1 is 1.12 bits per heavy atom. The first-order valence-electron chi connectivity index (χ1n) is 9.48. The average molecular weight is 443 g/mol. The second-order valence-corrected chi connectivity index (χ2v) is 6.96. The molecule has 1 aliphatic heterocycles. The van der Waals surface area contributed by atoms with E-state index in [0.29, 0.717) is 6.54 Å². The number of nitrogens with zero attached hydrogens (tertiary/aromatic N) is 1. The van der Waals surface area contributed by atoms with Crippen LogP contribution in [0.25, 0.3) is 33.7 Å². The van der Waals surface area contributed by atoms with Crippen LogP contribution in [0.5, 0.6) is 0 Å². The minimum absolute atomic E-state index is 0.0182. The number of hydrogen-bond donors (Lipinski definition) is 3.